The molecule has 2 aromatic carbocycles. The van der Waals surface area contributed by atoms with Gasteiger partial charge in [-0.3, -0.25) is 4.99 Å². The number of para-hydroxylation sites is 2. The summed E-state index contributed by atoms with van der Waals surface area (Å²) in [5, 5.41) is 0. The molecule has 116 valence electrons. The predicted octanol–water partition coefficient (Wildman–Crippen LogP) is 3.33. The first-order valence-electron chi connectivity index (χ1n) is 7.10. The van der Waals surface area contributed by atoms with E-state index in [1.807, 2.05) is 36.4 Å². The van der Waals surface area contributed by atoms with E-state index in [2.05, 4.69) is 9.98 Å². The second kappa shape index (κ2) is 4.96. The molecular formula is C16H14N3O3P. The zero-order valence-corrected chi connectivity index (χ0v) is 13.5. The Morgan fingerprint density at radius 2 is 1.57 bits per heavy atom. The number of nitrogens with zero attached hydrogens (tertiary/aromatic N) is 3. The number of fused-ring (bicyclic) bond motifs is 2. The van der Waals surface area contributed by atoms with Crippen molar-refractivity contribution < 1.29 is 13.6 Å². The quantitative estimate of drug-likeness (QED) is 0.754. The van der Waals surface area contributed by atoms with Crippen LogP contribution in [-0.2, 0) is 4.57 Å². The van der Waals surface area contributed by atoms with Crippen molar-refractivity contribution in [2.45, 2.75) is 0 Å². The highest BCUT2D eigenvalue weighted by Gasteiger charge is 2.44. The van der Waals surface area contributed by atoms with Crippen molar-refractivity contribution >= 4 is 19.4 Å². The Hall–Kier alpha value is -2.59. The van der Waals surface area contributed by atoms with E-state index in [1.165, 1.54) is 4.67 Å². The van der Waals surface area contributed by atoms with E-state index in [0.717, 1.165) is 11.1 Å². The van der Waals surface area contributed by atoms with Crippen LogP contribution >= 0.6 is 7.75 Å². The third kappa shape index (κ3) is 2.06. The third-order valence-corrected chi connectivity index (χ3v) is 5.56. The van der Waals surface area contributed by atoms with E-state index in [0.29, 0.717) is 23.2 Å². The lowest BCUT2D eigenvalue weighted by Crippen LogP contribution is -2.26. The van der Waals surface area contributed by atoms with Crippen molar-refractivity contribution in [2.24, 2.45) is 9.98 Å². The van der Waals surface area contributed by atoms with Crippen LogP contribution in [0.3, 0.4) is 0 Å². The number of benzene rings is 2. The number of amidine groups is 2. The summed E-state index contributed by atoms with van der Waals surface area (Å²) >= 11 is 0. The summed E-state index contributed by atoms with van der Waals surface area (Å²) in [4.78, 5) is 8.67. The maximum absolute atomic E-state index is 13.1. The number of aliphatic imine (C=N–C) groups is 2. The van der Waals surface area contributed by atoms with Crippen LogP contribution in [0.5, 0.6) is 11.5 Å². The molecule has 7 heteroatoms. The molecule has 6 nitrogen and oxygen atoms in total. The molecule has 2 aliphatic rings. The minimum Gasteiger partial charge on any atom is -0.396 e. The number of hydrogen-bond donors (Lipinski definition) is 0. The Bertz CT molecular complexity index is 878. The molecule has 0 spiro atoms. The first-order valence-corrected chi connectivity index (χ1v) is 8.59. The predicted molar refractivity (Wildman–Crippen MR) is 88.5 cm³/mol. The van der Waals surface area contributed by atoms with Gasteiger partial charge in [-0.15, -0.1) is 0 Å². The smallest absolute Gasteiger partial charge is 0.396 e. The zero-order valence-electron chi connectivity index (χ0n) is 12.6. The minimum atomic E-state index is -3.54. The van der Waals surface area contributed by atoms with Crippen molar-refractivity contribution in [2.75, 3.05) is 14.1 Å². The molecule has 0 saturated carbocycles. The van der Waals surface area contributed by atoms with Gasteiger partial charge in [0.25, 0.3) is 0 Å². The largest absolute Gasteiger partial charge is 0.545 e. The van der Waals surface area contributed by atoms with Crippen LogP contribution < -0.4 is 9.05 Å². The molecule has 2 heterocycles. The average Bonchev–Trinajstić information content (AvgIpc) is 3.11. The molecule has 0 aromatic heterocycles. The zero-order chi connectivity index (χ0) is 16.0. The molecule has 0 aliphatic carbocycles. The van der Waals surface area contributed by atoms with Crippen LogP contribution in [0.2, 0.25) is 0 Å². The second-order valence-corrected chi connectivity index (χ2v) is 7.05. The van der Waals surface area contributed by atoms with Crippen molar-refractivity contribution in [1.29, 1.82) is 0 Å². The summed E-state index contributed by atoms with van der Waals surface area (Å²) in [7, 11) is -0.204. The van der Waals surface area contributed by atoms with E-state index in [4.69, 9.17) is 9.05 Å². The number of hydrogen-bond acceptors (Lipinski definition) is 4. The van der Waals surface area contributed by atoms with Crippen molar-refractivity contribution in [3.05, 3.63) is 59.7 Å². The molecule has 0 atom stereocenters. The Morgan fingerprint density at radius 1 is 1.00 bits per heavy atom. The Kier molecular flexibility index (Phi) is 3.03. The maximum Gasteiger partial charge on any atom is 0.545 e. The molecule has 0 saturated heterocycles. The van der Waals surface area contributed by atoms with Crippen molar-refractivity contribution in [3.8, 4) is 11.5 Å². The van der Waals surface area contributed by atoms with Crippen LogP contribution in [0.1, 0.15) is 11.1 Å². The summed E-state index contributed by atoms with van der Waals surface area (Å²) < 4.78 is 25.8. The van der Waals surface area contributed by atoms with Crippen LogP contribution in [0.25, 0.3) is 0 Å². The van der Waals surface area contributed by atoms with Crippen LogP contribution in [-0.4, -0.2) is 30.4 Å². The minimum absolute atomic E-state index is 0.471. The molecule has 2 aliphatic heterocycles. The van der Waals surface area contributed by atoms with Crippen LogP contribution in [0, 0.1) is 0 Å². The van der Waals surface area contributed by atoms with Gasteiger partial charge in [0.1, 0.15) is 5.84 Å². The SMILES string of the molecule is CN=C1N=C(N(C)P2(=O)Oc3ccccc3O2)c2ccccc21. The summed E-state index contributed by atoms with van der Waals surface area (Å²) in [5.41, 5.74) is 1.76. The molecule has 4 rings (SSSR count). The van der Waals surface area contributed by atoms with Gasteiger partial charge in [-0.1, -0.05) is 36.4 Å². The summed E-state index contributed by atoms with van der Waals surface area (Å²) in [6, 6.07) is 14.7. The molecular weight excluding hydrogens is 313 g/mol. The molecule has 0 radical (unpaired) electrons. The first kappa shape index (κ1) is 14.0. The lowest BCUT2D eigenvalue weighted by Gasteiger charge is -2.22. The van der Waals surface area contributed by atoms with Gasteiger partial charge in [0.2, 0.25) is 0 Å². The normalized spacial score (nSPS) is 18.7. The highest BCUT2D eigenvalue weighted by molar-refractivity contribution is 7.53. The Balaban J connectivity index is 1.74. The highest BCUT2D eigenvalue weighted by Crippen LogP contribution is 2.60. The molecule has 0 amide bonds. The van der Waals surface area contributed by atoms with Crippen molar-refractivity contribution in [3.63, 3.8) is 0 Å². The van der Waals surface area contributed by atoms with E-state index in [-0.39, 0.29) is 0 Å². The van der Waals surface area contributed by atoms with Gasteiger partial charge >= 0.3 is 7.75 Å². The highest BCUT2D eigenvalue weighted by atomic mass is 31.2. The van der Waals surface area contributed by atoms with Gasteiger partial charge in [-0.2, -0.15) is 0 Å². The Labute approximate surface area is 133 Å². The van der Waals surface area contributed by atoms with Crippen LogP contribution in [0.4, 0.5) is 0 Å². The fraction of sp³-hybridized carbons (Fsp3) is 0.125. The van der Waals surface area contributed by atoms with Crippen LogP contribution in [0.15, 0.2) is 58.5 Å². The summed E-state index contributed by atoms with van der Waals surface area (Å²) in [6.45, 7) is 0. The van der Waals surface area contributed by atoms with E-state index < -0.39 is 7.75 Å². The molecule has 0 unspecified atom stereocenters. The van der Waals surface area contributed by atoms with E-state index in [1.54, 1.807) is 26.2 Å². The topological polar surface area (TPSA) is 63.5 Å². The monoisotopic (exact) mass is 327 g/mol. The lowest BCUT2D eigenvalue weighted by atomic mass is 10.1. The van der Waals surface area contributed by atoms with E-state index in [9.17, 15) is 4.57 Å². The standard InChI is InChI=1S/C16H14N3O3P/c1-17-15-11-7-3-4-8-12(11)16(18-15)19(2)23(20)21-13-9-5-6-10-14(13)22-23/h3-10H,1-2H3. The average molecular weight is 327 g/mol. The molecule has 0 bridgehead atoms. The van der Waals surface area contributed by atoms with Gasteiger partial charge in [0, 0.05) is 25.2 Å². The van der Waals surface area contributed by atoms with Gasteiger partial charge in [0.05, 0.1) is 0 Å². The second-order valence-electron chi connectivity index (χ2n) is 5.15. The third-order valence-electron chi connectivity index (χ3n) is 3.78. The lowest BCUT2D eigenvalue weighted by molar-refractivity contribution is 0.384. The summed E-state index contributed by atoms with van der Waals surface area (Å²) in [5.74, 6) is 2.07. The maximum atomic E-state index is 13.1. The van der Waals surface area contributed by atoms with Gasteiger partial charge in [0.15, 0.2) is 17.3 Å². The number of rotatable bonds is 1. The molecule has 0 fully saturated rings. The Morgan fingerprint density at radius 3 is 2.17 bits per heavy atom. The fourth-order valence-corrected chi connectivity index (χ4v) is 4.08. The molecule has 0 N–H and O–H groups in total. The molecule has 23 heavy (non-hydrogen) atoms. The van der Waals surface area contributed by atoms with Gasteiger partial charge in [-0.05, 0) is 12.1 Å². The van der Waals surface area contributed by atoms with Crippen molar-refractivity contribution in [1.82, 2.24) is 4.67 Å². The fourth-order valence-electron chi connectivity index (χ4n) is 2.62. The van der Waals surface area contributed by atoms with E-state index >= 15 is 0 Å². The van der Waals surface area contributed by atoms with Gasteiger partial charge in [-0.25, -0.2) is 14.2 Å². The molecule has 2 aromatic rings. The van der Waals surface area contributed by atoms with Gasteiger partial charge < -0.3 is 9.05 Å². The summed E-state index contributed by atoms with van der Waals surface area (Å²) in [6.07, 6.45) is 0. The first-order chi connectivity index (χ1) is 11.1.